The largest absolute Gasteiger partial charge is 0.355 e. The Kier molecular flexibility index (Phi) is 4.66. The normalized spacial score (nSPS) is 18.1. The van der Waals surface area contributed by atoms with Crippen molar-refractivity contribution in [2.24, 2.45) is 5.92 Å². The van der Waals surface area contributed by atoms with Gasteiger partial charge in [0.2, 0.25) is 5.91 Å². The molecule has 0 atom stereocenters. The molecule has 0 aromatic heterocycles. The second kappa shape index (κ2) is 5.57. The number of amides is 1. The molecule has 1 fully saturated rings. The van der Waals surface area contributed by atoms with E-state index in [2.05, 4.69) is 21.2 Å². The molecule has 1 rings (SSSR count). The van der Waals surface area contributed by atoms with Gasteiger partial charge in [-0.05, 0) is 18.8 Å². The number of rotatable bonds is 4. The maximum atomic E-state index is 11.2. The first-order valence-corrected chi connectivity index (χ1v) is 5.77. The molecule has 0 saturated heterocycles. The van der Waals surface area contributed by atoms with Crippen LogP contribution in [-0.4, -0.2) is 17.8 Å². The van der Waals surface area contributed by atoms with Gasteiger partial charge in [-0.25, -0.2) is 0 Å². The van der Waals surface area contributed by atoms with Crippen LogP contribution in [0.5, 0.6) is 0 Å². The molecule has 12 heavy (non-hydrogen) atoms. The van der Waals surface area contributed by atoms with Gasteiger partial charge >= 0.3 is 0 Å². The fourth-order valence-electron chi connectivity index (χ4n) is 1.74. The van der Waals surface area contributed by atoms with Gasteiger partial charge in [0.1, 0.15) is 0 Å². The molecule has 0 spiro atoms. The molecule has 0 heterocycles. The van der Waals surface area contributed by atoms with E-state index in [0.29, 0.717) is 5.92 Å². The van der Waals surface area contributed by atoms with Crippen LogP contribution in [0.4, 0.5) is 0 Å². The van der Waals surface area contributed by atoms with Crippen LogP contribution in [0, 0.1) is 5.92 Å². The molecule has 1 aliphatic carbocycles. The van der Waals surface area contributed by atoms with Crippen molar-refractivity contribution < 1.29 is 4.79 Å². The number of nitrogens with one attached hydrogen (secondary N) is 1. The van der Waals surface area contributed by atoms with Gasteiger partial charge < -0.3 is 5.32 Å². The molecule has 0 bridgehead atoms. The van der Waals surface area contributed by atoms with Gasteiger partial charge in [-0.1, -0.05) is 28.8 Å². The lowest BCUT2D eigenvalue weighted by Crippen LogP contribution is -2.26. The van der Waals surface area contributed by atoms with Gasteiger partial charge in [0, 0.05) is 18.3 Å². The van der Waals surface area contributed by atoms with Crippen LogP contribution in [0.1, 0.15) is 32.1 Å². The van der Waals surface area contributed by atoms with Gasteiger partial charge in [-0.3, -0.25) is 4.79 Å². The van der Waals surface area contributed by atoms with E-state index in [4.69, 9.17) is 0 Å². The van der Waals surface area contributed by atoms with Crippen molar-refractivity contribution in [2.45, 2.75) is 32.1 Å². The van der Waals surface area contributed by atoms with Crippen molar-refractivity contribution in [1.82, 2.24) is 5.32 Å². The van der Waals surface area contributed by atoms with E-state index in [1.54, 1.807) is 0 Å². The van der Waals surface area contributed by atoms with Crippen molar-refractivity contribution in [3.63, 3.8) is 0 Å². The van der Waals surface area contributed by atoms with Crippen LogP contribution in [-0.2, 0) is 4.79 Å². The highest BCUT2D eigenvalue weighted by Gasteiger charge is 2.17. The zero-order valence-corrected chi connectivity index (χ0v) is 8.90. The number of halogens is 1. The van der Waals surface area contributed by atoms with E-state index < -0.39 is 0 Å². The fourth-order valence-corrected chi connectivity index (χ4v) is 1.93. The highest BCUT2D eigenvalue weighted by atomic mass is 79.9. The van der Waals surface area contributed by atoms with E-state index in [-0.39, 0.29) is 5.91 Å². The Bertz CT molecular complexity index is 143. The van der Waals surface area contributed by atoms with Crippen LogP contribution < -0.4 is 5.32 Å². The van der Waals surface area contributed by atoms with Gasteiger partial charge in [0.25, 0.3) is 0 Å². The number of carbonyl (C=O) groups is 1. The number of alkyl halides is 1. The van der Waals surface area contributed by atoms with E-state index in [9.17, 15) is 4.79 Å². The molecule has 0 radical (unpaired) electrons. The highest BCUT2D eigenvalue weighted by Crippen LogP contribution is 2.27. The summed E-state index contributed by atoms with van der Waals surface area (Å²) in [4.78, 5) is 11.2. The van der Waals surface area contributed by atoms with Crippen LogP contribution in [0.3, 0.4) is 0 Å². The lowest BCUT2D eigenvalue weighted by molar-refractivity contribution is -0.121. The van der Waals surface area contributed by atoms with Crippen molar-refractivity contribution in [1.29, 1.82) is 0 Å². The first-order chi connectivity index (χ1) is 5.83. The molecule has 1 N–H and O–H groups in total. The molecule has 0 unspecified atom stereocenters. The summed E-state index contributed by atoms with van der Waals surface area (Å²) in [5.74, 6) is 0.890. The first-order valence-electron chi connectivity index (χ1n) is 4.65. The molecule has 0 aromatic rings. The monoisotopic (exact) mass is 233 g/mol. The number of hydrogen-bond acceptors (Lipinski definition) is 1. The summed E-state index contributed by atoms with van der Waals surface area (Å²) in [7, 11) is 0. The molecule has 70 valence electrons. The summed E-state index contributed by atoms with van der Waals surface area (Å²) >= 11 is 3.28. The smallest absolute Gasteiger partial charge is 0.220 e. The summed E-state index contributed by atoms with van der Waals surface area (Å²) in [5, 5.41) is 3.72. The minimum atomic E-state index is 0.223. The first kappa shape index (κ1) is 10.0. The second-order valence-electron chi connectivity index (χ2n) is 3.39. The van der Waals surface area contributed by atoms with Gasteiger partial charge in [0.15, 0.2) is 0 Å². The molecule has 1 aliphatic rings. The molecule has 0 aliphatic heterocycles. The minimum Gasteiger partial charge on any atom is -0.355 e. The average molecular weight is 234 g/mol. The van der Waals surface area contributed by atoms with Crippen molar-refractivity contribution in [3.05, 3.63) is 0 Å². The van der Waals surface area contributed by atoms with Crippen LogP contribution in [0.2, 0.25) is 0 Å². The van der Waals surface area contributed by atoms with Gasteiger partial charge in [0.05, 0.1) is 0 Å². The minimum absolute atomic E-state index is 0.223. The van der Waals surface area contributed by atoms with E-state index in [1.807, 2.05) is 0 Å². The number of hydrogen-bond donors (Lipinski definition) is 1. The average Bonchev–Trinajstić information content (AvgIpc) is 2.53. The third-order valence-corrected chi connectivity index (χ3v) is 2.76. The molecule has 3 heteroatoms. The Balaban J connectivity index is 2.08. The van der Waals surface area contributed by atoms with Crippen LogP contribution in [0.15, 0.2) is 0 Å². The van der Waals surface area contributed by atoms with Crippen LogP contribution in [0.25, 0.3) is 0 Å². The Labute approximate surface area is 82.2 Å². The summed E-state index contributed by atoms with van der Waals surface area (Å²) < 4.78 is 0. The van der Waals surface area contributed by atoms with Gasteiger partial charge in [-0.2, -0.15) is 0 Å². The molecule has 1 saturated carbocycles. The lowest BCUT2D eigenvalue weighted by atomic mass is 10.0. The van der Waals surface area contributed by atoms with E-state index >= 15 is 0 Å². The van der Waals surface area contributed by atoms with Crippen molar-refractivity contribution in [3.8, 4) is 0 Å². The third-order valence-electron chi connectivity index (χ3n) is 2.37. The highest BCUT2D eigenvalue weighted by molar-refractivity contribution is 9.09. The Morgan fingerprint density at radius 3 is 2.67 bits per heavy atom. The van der Waals surface area contributed by atoms with Crippen LogP contribution >= 0.6 is 15.9 Å². The zero-order valence-electron chi connectivity index (χ0n) is 7.31. The molecule has 2 nitrogen and oxygen atoms in total. The quantitative estimate of drug-likeness (QED) is 0.741. The SMILES string of the molecule is O=C(CC1CCCC1)NCCBr. The van der Waals surface area contributed by atoms with E-state index in [1.165, 1.54) is 25.7 Å². The molecular formula is C9H16BrNO. The Morgan fingerprint density at radius 2 is 2.08 bits per heavy atom. The molecule has 0 aromatic carbocycles. The molecule has 1 amide bonds. The maximum absolute atomic E-state index is 11.2. The fraction of sp³-hybridized carbons (Fsp3) is 0.889. The van der Waals surface area contributed by atoms with Gasteiger partial charge in [-0.15, -0.1) is 0 Å². The lowest BCUT2D eigenvalue weighted by Gasteiger charge is -2.07. The standard InChI is InChI=1S/C9H16BrNO/c10-5-6-11-9(12)7-8-3-1-2-4-8/h8H,1-7H2,(H,11,12). The second-order valence-corrected chi connectivity index (χ2v) is 4.19. The predicted octanol–water partition coefficient (Wildman–Crippen LogP) is 2.08. The van der Waals surface area contributed by atoms with Crippen molar-refractivity contribution in [2.75, 3.05) is 11.9 Å². The van der Waals surface area contributed by atoms with Crippen molar-refractivity contribution >= 4 is 21.8 Å². The summed E-state index contributed by atoms with van der Waals surface area (Å²) in [6.45, 7) is 0.756. The summed E-state index contributed by atoms with van der Waals surface area (Å²) in [6.07, 6.45) is 5.88. The zero-order chi connectivity index (χ0) is 8.81. The number of carbonyl (C=O) groups excluding carboxylic acids is 1. The predicted molar refractivity (Wildman–Crippen MR) is 53.4 cm³/mol. The Morgan fingerprint density at radius 1 is 1.42 bits per heavy atom. The maximum Gasteiger partial charge on any atom is 0.220 e. The topological polar surface area (TPSA) is 29.1 Å². The summed E-state index contributed by atoms with van der Waals surface area (Å²) in [6, 6.07) is 0. The summed E-state index contributed by atoms with van der Waals surface area (Å²) in [5.41, 5.74) is 0. The Hall–Kier alpha value is -0.0500. The molecular weight excluding hydrogens is 218 g/mol. The third kappa shape index (κ3) is 3.57. The van der Waals surface area contributed by atoms with E-state index in [0.717, 1.165) is 18.3 Å².